The molecule has 0 fully saturated rings. The molecule has 0 spiro atoms. The predicted molar refractivity (Wildman–Crippen MR) is 28.2 cm³/mol. The zero-order valence-corrected chi connectivity index (χ0v) is 4.14. The molecule has 0 aromatic rings. The van der Waals surface area contributed by atoms with Crippen molar-refractivity contribution < 1.29 is 9.90 Å². The minimum Gasteiger partial charge on any atom is -0.478 e. The molecule has 1 N–H and O–H groups in total. The van der Waals surface area contributed by atoms with Crippen molar-refractivity contribution in [3.8, 4) is 0 Å². The number of hydrogen-bond acceptors (Lipinski definition) is 1. The fourth-order valence-corrected chi connectivity index (χ4v) is 0. The molecular formula is C4H6BO2. The number of carbonyl (C=O) groups is 1. The van der Waals surface area contributed by atoms with Crippen molar-refractivity contribution in [2.24, 2.45) is 0 Å². The van der Waals surface area contributed by atoms with Gasteiger partial charge in [-0.1, -0.05) is 6.58 Å². The third-order valence-corrected chi connectivity index (χ3v) is 0.365. The van der Waals surface area contributed by atoms with E-state index in [0.29, 0.717) is 0 Å². The first-order valence-electron chi connectivity index (χ1n) is 1.53. The molecule has 0 unspecified atom stereocenters. The highest BCUT2D eigenvalue weighted by molar-refractivity contribution is 5.84. The standard InChI is InChI=1S/C4H6O2.B/c1-3(2)4(5)6;/h1H2,2H3,(H,5,6);. The van der Waals surface area contributed by atoms with Gasteiger partial charge in [-0.05, 0) is 6.92 Å². The lowest BCUT2D eigenvalue weighted by molar-refractivity contribution is -0.132. The SMILES string of the molecule is C=C(C)C(=O)O.[B]. The van der Waals surface area contributed by atoms with E-state index < -0.39 is 5.97 Å². The topological polar surface area (TPSA) is 37.3 Å². The lowest BCUT2D eigenvalue weighted by Gasteiger charge is -1.79. The Morgan fingerprint density at radius 3 is 1.86 bits per heavy atom. The minimum atomic E-state index is -0.935. The van der Waals surface area contributed by atoms with Crippen LogP contribution in [0.2, 0.25) is 0 Å². The van der Waals surface area contributed by atoms with Gasteiger partial charge in [-0.3, -0.25) is 0 Å². The van der Waals surface area contributed by atoms with Gasteiger partial charge in [-0.25, -0.2) is 4.79 Å². The Bertz CT molecular complexity index is 75.7. The Morgan fingerprint density at radius 1 is 1.71 bits per heavy atom. The monoisotopic (exact) mass is 97.0 g/mol. The zero-order valence-electron chi connectivity index (χ0n) is 4.14. The lowest BCUT2D eigenvalue weighted by atomic mass is 10.4. The van der Waals surface area contributed by atoms with Crippen LogP contribution in [0.3, 0.4) is 0 Å². The Labute approximate surface area is 44.4 Å². The van der Waals surface area contributed by atoms with Gasteiger partial charge in [0.1, 0.15) is 0 Å². The molecule has 0 aliphatic heterocycles. The molecule has 0 aliphatic carbocycles. The second kappa shape index (κ2) is 3.46. The van der Waals surface area contributed by atoms with Crippen molar-refractivity contribution in [1.29, 1.82) is 0 Å². The molecule has 0 saturated carbocycles. The first-order chi connectivity index (χ1) is 2.64. The van der Waals surface area contributed by atoms with E-state index in [1.54, 1.807) is 0 Å². The van der Waals surface area contributed by atoms with Gasteiger partial charge in [-0.15, -0.1) is 0 Å². The highest BCUT2D eigenvalue weighted by Gasteiger charge is 1.90. The first kappa shape index (κ1) is 9.55. The molecule has 37 valence electrons. The van der Waals surface area contributed by atoms with E-state index in [0.717, 1.165) is 0 Å². The summed E-state index contributed by atoms with van der Waals surface area (Å²) >= 11 is 0. The van der Waals surface area contributed by atoms with Crippen LogP contribution in [-0.2, 0) is 4.79 Å². The van der Waals surface area contributed by atoms with Crippen LogP contribution in [-0.4, -0.2) is 19.5 Å². The molecule has 0 atom stereocenters. The van der Waals surface area contributed by atoms with E-state index in [1.807, 2.05) is 0 Å². The van der Waals surface area contributed by atoms with Crippen LogP contribution in [0.5, 0.6) is 0 Å². The van der Waals surface area contributed by atoms with Crippen molar-refractivity contribution in [2.45, 2.75) is 6.92 Å². The molecule has 0 aromatic carbocycles. The molecular weight excluding hydrogens is 90.9 g/mol. The van der Waals surface area contributed by atoms with E-state index in [9.17, 15) is 4.79 Å². The maximum Gasteiger partial charge on any atom is 0.330 e. The minimum absolute atomic E-state index is 0. The highest BCUT2D eigenvalue weighted by Crippen LogP contribution is 1.81. The van der Waals surface area contributed by atoms with Gasteiger partial charge >= 0.3 is 5.97 Å². The van der Waals surface area contributed by atoms with Crippen LogP contribution in [0.25, 0.3) is 0 Å². The summed E-state index contributed by atoms with van der Waals surface area (Å²) in [6.45, 7) is 4.60. The maximum atomic E-state index is 9.60. The molecule has 7 heavy (non-hydrogen) atoms. The molecule has 0 aliphatic rings. The van der Waals surface area contributed by atoms with E-state index >= 15 is 0 Å². The van der Waals surface area contributed by atoms with Crippen LogP contribution in [0.15, 0.2) is 12.2 Å². The van der Waals surface area contributed by atoms with Crippen molar-refractivity contribution >= 4 is 14.4 Å². The fourth-order valence-electron chi connectivity index (χ4n) is 0. The third-order valence-electron chi connectivity index (χ3n) is 0.365. The van der Waals surface area contributed by atoms with Gasteiger partial charge in [0.05, 0.1) is 0 Å². The summed E-state index contributed by atoms with van der Waals surface area (Å²) in [6, 6.07) is 0. The molecule has 3 heteroatoms. The molecule has 2 nitrogen and oxygen atoms in total. The zero-order chi connectivity index (χ0) is 5.15. The molecule has 0 rings (SSSR count). The normalized spacial score (nSPS) is 6.43. The first-order valence-corrected chi connectivity index (χ1v) is 1.53. The molecule has 3 radical (unpaired) electrons. The molecule has 0 bridgehead atoms. The summed E-state index contributed by atoms with van der Waals surface area (Å²) in [7, 11) is 0. The van der Waals surface area contributed by atoms with Crippen LogP contribution in [0.1, 0.15) is 6.92 Å². The summed E-state index contributed by atoms with van der Waals surface area (Å²) in [5.74, 6) is -0.935. The summed E-state index contributed by atoms with van der Waals surface area (Å²) in [4.78, 5) is 9.60. The van der Waals surface area contributed by atoms with E-state index in [-0.39, 0.29) is 14.0 Å². The maximum absolute atomic E-state index is 9.60. The Balaban J connectivity index is 0. The lowest BCUT2D eigenvalue weighted by Crippen LogP contribution is -1.92. The van der Waals surface area contributed by atoms with Gasteiger partial charge in [0.25, 0.3) is 0 Å². The van der Waals surface area contributed by atoms with Crippen molar-refractivity contribution in [1.82, 2.24) is 0 Å². The fraction of sp³-hybridized carbons (Fsp3) is 0.250. The Hall–Kier alpha value is -0.725. The molecule has 0 aromatic heterocycles. The van der Waals surface area contributed by atoms with E-state index in [2.05, 4.69) is 6.58 Å². The van der Waals surface area contributed by atoms with Crippen molar-refractivity contribution in [2.75, 3.05) is 0 Å². The number of carboxylic acids is 1. The molecule has 0 saturated heterocycles. The average molecular weight is 96.9 g/mol. The van der Waals surface area contributed by atoms with E-state index in [4.69, 9.17) is 5.11 Å². The van der Waals surface area contributed by atoms with Crippen LogP contribution < -0.4 is 0 Å². The molecule has 0 heterocycles. The van der Waals surface area contributed by atoms with Crippen LogP contribution >= 0.6 is 0 Å². The second-order valence-electron chi connectivity index (χ2n) is 1.09. The third kappa shape index (κ3) is 5.27. The Kier molecular flexibility index (Phi) is 4.73. The van der Waals surface area contributed by atoms with E-state index in [1.165, 1.54) is 6.92 Å². The predicted octanol–water partition coefficient (Wildman–Crippen LogP) is 0.266. The quantitative estimate of drug-likeness (QED) is 0.376. The number of aliphatic carboxylic acids is 1. The van der Waals surface area contributed by atoms with Gasteiger partial charge in [0, 0.05) is 14.0 Å². The number of rotatable bonds is 1. The van der Waals surface area contributed by atoms with Gasteiger partial charge in [0.15, 0.2) is 0 Å². The average Bonchev–Trinajstić information content (AvgIpc) is 1.36. The van der Waals surface area contributed by atoms with Crippen LogP contribution in [0.4, 0.5) is 0 Å². The Morgan fingerprint density at radius 2 is 1.86 bits per heavy atom. The van der Waals surface area contributed by atoms with Gasteiger partial charge < -0.3 is 5.11 Å². The van der Waals surface area contributed by atoms with Gasteiger partial charge in [0.2, 0.25) is 0 Å². The van der Waals surface area contributed by atoms with Crippen LogP contribution in [0, 0.1) is 0 Å². The second-order valence-corrected chi connectivity index (χ2v) is 1.09. The summed E-state index contributed by atoms with van der Waals surface area (Å²) in [5.41, 5.74) is 0.176. The largest absolute Gasteiger partial charge is 0.478 e. The summed E-state index contributed by atoms with van der Waals surface area (Å²) in [5, 5.41) is 7.89. The summed E-state index contributed by atoms with van der Waals surface area (Å²) in [6.07, 6.45) is 0. The number of hydrogen-bond donors (Lipinski definition) is 1. The van der Waals surface area contributed by atoms with Gasteiger partial charge in [-0.2, -0.15) is 0 Å². The smallest absolute Gasteiger partial charge is 0.330 e. The van der Waals surface area contributed by atoms with Crippen molar-refractivity contribution in [3.05, 3.63) is 12.2 Å². The molecule has 0 amide bonds. The summed E-state index contributed by atoms with van der Waals surface area (Å²) < 4.78 is 0. The highest BCUT2D eigenvalue weighted by atomic mass is 16.4. The van der Waals surface area contributed by atoms with Crippen molar-refractivity contribution in [3.63, 3.8) is 0 Å². The number of carboxylic acid groups (broad SMARTS) is 1.